The van der Waals surface area contributed by atoms with Gasteiger partial charge in [0.2, 0.25) is 0 Å². The molecule has 0 saturated carbocycles. The van der Waals surface area contributed by atoms with Crippen molar-refractivity contribution < 1.29 is 9.53 Å². The number of carbonyl (C=O) groups is 1. The van der Waals surface area contributed by atoms with Crippen molar-refractivity contribution in [3.63, 3.8) is 0 Å². The van der Waals surface area contributed by atoms with Crippen molar-refractivity contribution in [2.24, 2.45) is 5.41 Å². The van der Waals surface area contributed by atoms with E-state index in [1.807, 2.05) is 0 Å². The number of rotatable bonds is 15. The van der Waals surface area contributed by atoms with Crippen molar-refractivity contribution in [3.8, 4) is 0 Å². The van der Waals surface area contributed by atoms with Gasteiger partial charge in [-0.05, 0) is 31.2 Å². The monoisotopic (exact) mass is 486 g/mol. The largest absolute Gasteiger partial charge is 0.465 e. The minimum Gasteiger partial charge on any atom is -0.465 e. The zero-order chi connectivity index (χ0) is 20.9. The van der Waals surface area contributed by atoms with Gasteiger partial charge in [-0.2, -0.15) is 0 Å². The highest BCUT2D eigenvalue weighted by Gasteiger charge is 2.54. The van der Waals surface area contributed by atoms with E-state index in [0.29, 0.717) is 6.61 Å². The van der Waals surface area contributed by atoms with Crippen molar-refractivity contribution >= 4 is 32.2 Å². The van der Waals surface area contributed by atoms with E-state index in [-0.39, 0.29) is 28.1 Å². The molecule has 0 saturated heterocycles. The summed E-state index contributed by atoms with van der Waals surface area (Å²) in [6.07, 6.45) is 11.3. The normalized spacial score (nSPS) is 13.4. The highest BCUT2D eigenvalue weighted by Crippen LogP contribution is 2.57. The van der Waals surface area contributed by atoms with Gasteiger partial charge in [-0.3, -0.25) is 4.79 Å². The zero-order valence-electron chi connectivity index (χ0n) is 19.2. The van der Waals surface area contributed by atoms with E-state index in [9.17, 15) is 4.79 Å². The highest BCUT2D eigenvalue weighted by atomic mass is 79.9. The smallest absolute Gasteiger partial charge is 0.313 e. The molecule has 0 amide bonds. The molecule has 0 aromatic heterocycles. The van der Waals surface area contributed by atoms with Gasteiger partial charge in [-0.25, -0.2) is 0 Å². The predicted molar refractivity (Wildman–Crippen MR) is 135 cm³/mol. The molecule has 2 unspecified atom stereocenters. The minimum atomic E-state index is -0.478. The maximum atomic E-state index is 13.7. The Labute approximate surface area is 192 Å². The second-order valence-corrected chi connectivity index (χ2v) is 9.21. The SMILES string of the molecule is Br.CCCCOC(=O)C(CCCC)(CCCC)C(P)(CCCC)c1ccccc1. The average molecular weight is 488 g/mol. The minimum absolute atomic E-state index is 0. The van der Waals surface area contributed by atoms with Crippen LogP contribution in [0.15, 0.2) is 30.3 Å². The number of unbranched alkanes of at least 4 members (excludes halogenated alkanes) is 4. The van der Waals surface area contributed by atoms with E-state index in [1.54, 1.807) is 0 Å². The van der Waals surface area contributed by atoms with Crippen LogP contribution in [0.2, 0.25) is 0 Å². The molecule has 1 aromatic rings. The van der Waals surface area contributed by atoms with Crippen LogP contribution in [-0.2, 0) is 14.7 Å². The van der Waals surface area contributed by atoms with E-state index in [1.165, 1.54) is 5.56 Å². The number of carbonyl (C=O) groups excluding carboxylic acids is 1. The molecule has 29 heavy (non-hydrogen) atoms. The van der Waals surface area contributed by atoms with Crippen LogP contribution in [0, 0.1) is 5.41 Å². The summed E-state index contributed by atoms with van der Waals surface area (Å²) in [4.78, 5) is 13.7. The first-order valence-electron chi connectivity index (χ1n) is 11.5. The van der Waals surface area contributed by atoms with Gasteiger partial charge in [0.05, 0.1) is 12.0 Å². The quantitative estimate of drug-likeness (QED) is 0.141. The van der Waals surface area contributed by atoms with Gasteiger partial charge in [0.15, 0.2) is 0 Å². The molecule has 1 rings (SSSR count). The van der Waals surface area contributed by atoms with Gasteiger partial charge in [0.25, 0.3) is 0 Å². The van der Waals surface area contributed by atoms with Crippen LogP contribution in [0.3, 0.4) is 0 Å². The van der Waals surface area contributed by atoms with Crippen LogP contribution in [0.25, 0.3) is 0 Å². The number of benzene rings is 1. The lowest BCUT2D eigenvalue weighted by Gasteiger charge is -2.48. The van der Waals surface area contributed by atoms with Crippen molar-refractivity contribution in [3.05, 3.63) is 35.9 Å². The molecule has 0 aliphatic carbocycles. The lowest BCUT2D eigenvalue weighted by atomic mass is 9.63. The Bertz CT molecular complexity index is 541. The maximum absolute atomic E-state index is 13.7. The zero-order valence-corrected chi connectivity index (χ0v) is 22.0. The van der Waals surface area contributed by atoms with E-state index in [2.05, 4.69) is 67.3 Å². The summed E-state index contributed by atoms with van der Waals surface area (Å²) in [5, 5.41) is -0.280. The third-order valence-corrected chi connectivity index (χ3v) is 7.28. The Kier molecular flexibility index (Phi) is 15.2. The number of ether oxygens (including phenoxy) is 1. The standard InChI is InChI=1S/C25H43O2P.BrH/c1-5-9-18-24(19-10-6-2,23(26)27-21-12-8-4)25(28,20-11-7-3)22-16-14-13-15-17-22;/h13-17H,5-12,18-21,28H2,1-4H3;1H. The fourth-order valence-electron chi connectivity index (χ4n) is 4.21. The van der Waals surface area contributed by atoms with Crippen LogP contribution in [0.1, 0.15) is 104 Å². The number of hydrogen-bond donors (Lipinski definition) is 0. The van der Waals surface area contributed by atoms with E-state index < -0.39 is 5.41 Å². The molecule has 0 fully saturated rings. The molecule has 1 aromatic carbocycles. The fraction of sp³-hybridized carbons (Fsp3) is 0.720. The van der Waals surface area contributed by atoms with Crippen LogP contribution in [0.5, 0.6) is 0 Å². The summed E-state index contributed by atoms with van der Waals surface area (Å²) in [6, 6.07) is 10.7. The molecule has 0 bridgehead atoms. The Morgan fingerprint density at radius 2 is 1.31 bits per heavy atom. The first kappa shape index (κ1) is 28.6. The molecule has 0 aliphatic rings. The molecule has 168 valence electrons. The second kappa shape index (κ2) is 15.4. The van der Waals surface area contributed by atoms with Crippen molar-refractivity contribution in [2.45, 2.75) is 103 Å². The van der Waals surface area contributed by atoms with Crippen LogP contribution < -0.4 is 0 Å². The fourth-order valence-corrected chi connectivity index (χ4v) is 5.02. The summed E-state index contributed by atoms with van der Waals surface area (Å²) in [5.41, 5.74) is 0.779. The van der Waals surface area contributed by atoms with Gasteiger partial charge in [-0.1, -0.05) is 103 Å². The molecule has 0 radical (unpaired) electrons. The lowest BCUT2D eigenvalue weighted by Crippen LogP contribution is -2.48. The van der Waals surface area contributed by atoms with Crippen LogP contribution in [0.4, 0.5) is 0 Å². The average Bonchev–Trinajstić information content (AvgIpc) is 2.73. The molecule has 2 atom stereocenters. The maximum Gasteiger partial charge on any atom is 0.313 e. The molecule has 0 spiro atoms. The summed E-state index contributed by atoms with van der Waals surface area (Å²) >= 11 is 0. The summed E-state index contributed by atoms with van der Waals surface area (Å²) in [7, 11) is 3.16. The van der Waals surface area contributed by atoms with Crippen LogP contribution in [-0.4, -0.2) is 12.6 Å². The van der Waals surface area contributed by atoms with Gasteiger partial charge in [-0.15, -0.1) is 26.2 Å². The third kappa shape index (κ3) is 7.66. The molecular weight excluding hydrogens is 443 g/mol. The first-order chi connectivity index (χ1) is 13.5. The van der Waals surface area contributed by atoms with Gasteiger partial charge in [0.1, 0.15) is 0 Å². The number of hydrogen-bond acceptors (Lipinski definition) is 2. The summed E-state index contributed by atoms with van der Waals surface area (Å²) < 4.78 is 5.94. The molecule has 4 heteroatoms. The third-order valence-electron chi connectivity index (χ3n) is 6.10. The Balaban J connectivity index is 0.00000784. The summed E-state index contributed by atoms with van der Waals surface area (Å²) in [6.45, 7) is 9.34. The van der Waals surface area contributed by atoms with E-state index in [4.69, 9.17) is 4.74 Å². The van der Waals surface area contributed by atoms with E-state index in [0.717, 1.165) is 70.6 Å². The van der Waals surface area contributed by atoms with E-state index >= 15 is 0 Å². The van der Waals surface area contributed by atoms with Crippen molar-refractivity contribution in [1.29, 1.82) is 0 Å². The van der Waals surface area contributed by atoms with Gasteiger partial charge >= 0.3 is 5.97 Å². The molecule has 0 aliphatic heterocycles. The predicted octanol–water partition coefficient (Wildman–Crippen LogP) is 8.24. The Morgan fingerprint density at radius 1 is 0.828 bits per heavy atom. The molecular formula is C25H44BrO2P. The topological polar surface area (TPSA) is 26.3 Å². The van der Waals surface area contributed by atoms with Crippen molar-refractivity contribution in [2.75, 3.05) is 6.61 Å². The summed E-state index contributed by atoms with van der Waals surface area (Å²) in [5.74, 6) is 0.0257. The number of halogens is 1. The lowest BCUT2D eigenvalue weighted by molar-refractivity contribution is -0.160. The van der Waals surface area contributed by atoms with Crippen molar-refractivity contribution in [1.82, 2.24) is 0 Å². The van der Waals surface area contributed by atoms with Gasteiger partial charge < -0.3 is 4.74 Å². The molecule has 2 nitrogen and oxygen atoms in total. The Hall–Kier alpha value is -0.400. The number of esters is 1. The van der Waals surface area contributed by atoms with Gasteiger partial charge in [0, 0.05) is 5.16 Å². The molecule has 0 N–H and O–H groups in total. The highest BCUT2D eigenvalue weighted by molar-refractivity contribution is 8.93. The Morgan fingerprint density at radius 3 is 1.79 bits per heavy atom. The second-order valence-electron chi connectivity index (χ2n) is 8.22. The first-order valence-corrected chi connectivity index (χ1v) is 12.1. The molecule has 0 heterocycles. The van der Waals surface area contributed by atoms with Crippen LogP contribution >= 0.6 is 26.2 Å².